The van der Waals surface area contributed by atoms with Crippen molar-refractivity contribution in [1.29, 1.82) is 0 Å². The van der Waals surface area contributed by atoms with Gasteiger partial charge in [-0.1, -0.05) is 30.3 Å². The molecule has 0 radical (unpaired) electrons. The largest absolute Gasteiger partial charge is 0.476 e. The predicted molar refractivity (Wildman–Crippen MR) is 122 cm³/mol. The average molecular weight is 431 g/mol. The molecule has 2 aliphatic rings. The molecule has 0 saturated carbocycles. The Balaban J connectivity index is 1.54. The first-order chi connectivity index (χ1) is 15.5. The fourth-order valence-corrected chi connectivity index (χ4v) is 4.57. The van der Waals surface area contributed by atoms with Crippen molar-refractivity contribution in [3.63, 3.8) is 0 Å². The maximum Gasteiger partial charge on any atom is 0.275 e. The van der Waals surface area contributed by atoms with Crippen molar-refractivity contribution in [3.8, 4) is 5.75 Å². The summed E-state index contributed by atoms with van der Waals surface area (Å²) in [5, 5.41) is 1.27. The van der Waals surface area contributed by atoms with Gasteiger partial charge in [0, 0.05) is 25.5 Å². The normalized spacial score (nSPS) is 18.2. The van der Waals surface area contributed by atoms with Crippen molar-refractivity contribution in [2.45, 2.75) is 25.4 Å². The summed E-state index contributed by atoms with van der Waals surface area (Å²) in [5.74, 6) is 0.0696. The molecule has 1 unspecified atom stereocenters. The molecule has 0 bridgehead atoms. The molecule has 7 nitrogen and oxygen atoms in total. The number of piperidine rings is 1. The number of hydrogen-bond acceptors (Lipinski definition) is 4. The Hall–Kier alpha value is -3.61. The zero-order valence-corrected chi connectivity index (χ0v) is 18.0. The summed E-state index contributed by atoms with van der Waals surface area (Å²) in [6, 6.07) is 16.2. The number of pyridine rings is 1. The van der Waals surface area contributed by atoms with Gasteiger partial charge in [-0.25, -0.2) is 0 Å². The second-order valence-corrected chi connectivity index (χ2v) is 8.36. The molecule has 0 aliphatic carbocycles. The second kappa shape index (κ2) is 8.15. The van der Waals surface area contributed by atoms with Crippen LogP contribution in [0.5, 0.6) is 5.75 Å². The topological polar surface area (TPSA) is 71.8 Å². The van der Waals surface area contributed by atoms with E-state index in [0.717, 1.165) is 19.3 Å². The van der Waals surface area contributed by atoms with Crippen molar-refractivity contribution in [3.05, 3.63) is 70.6 Å². The molecule has 2 aromatic carbocycles. The first-order valence-corrected chi connectivity index (χ1v) is 11.0. The third-order valence-electron chi connectivity index (χ3n) is 6.33. The maximum absolute atomic E-state index is 13.7. The van der Waals surface area contributed by atoms with E-state index in [2.05, 4.69) is 0 Å². The lowest BCUT2D eigenvalue weighted by molar-refractivity contribution is -0.139. The molecule has 3 heterocycles. The standard InChI is InChI=1S/C25H25N3O4/c1-26-20(15-17-9-3-4-10-18(17)23(26)29)24(30)28-16-22(25(31)27-13-7-2-8-14-27)32-21-12-6-5-11-19(21)28/h3-6,9-12,15,22H,2,7-8,13-14,16H2,1H3. The van der Waals surface area contributed by atoms with E-state index < -0.39 is 6.10 Å². The summed E-state index contributed by atoms with van der Waals surface area (Å²) >= 11 is 0. The highest BCUT2D eigenvalue weighted by Crippen LogP contribution is 2.34. The van der Waals surface area contributed by atoms with Gasteiger partial charge in [-0.05, 0) is 48.9 Å². The number of para-hydroxylation sites is 2. The molecule has 1 aromatic heterocycles. The number of carbonyl (C=O) groups excluding carboxylic acids is 2. The van der Waals surface area contributed by atoms with Gasteiger partial charge in [0.2, 0.25) is 0 Å². The van der Waals surface area contributed by atoms with Gasteiger partial charge in [0.05, 0.1) is 12.2 Å². The van der Waals surface area contributed by atoms with Crippen molar-refractivity contribution < 1.29 is 14.3 Å². The molecule has 2 aliphatic heterocycles. The molecular weight excluding hydrogens is 406 g/mol. The SMILES string of the molecule is Cn1c(C(=O)N2CC(C(=O)N3CCCCC3)Oc3ccccc32)cc2ccccc2c1=O. The molecule has 3 aromatic rings. The van der Waals surface area contributed by atoms with E-state index in [1.165, 1.54) is 4.57 Å². The lowest BCUT2D eigenvalue weighted by Crippen LogP contribution is -2.53. The fraction of sp³-hybridized carbons (Fsp3) is 0.320. The van der Waals surface area contributed by atoms with Crippen molar-refractivity contribution in [2.75, 3.05) is 24.5 Å². The number of anilines is 1. The van der Waals surface area contributed by atoms with E-state index in [-0.39, 0.29) is 29.6 Å². The van der Waals surface area contributed by atoms with Crippen LogP contribution in [0, 0.1) is 0 Å². The Labute approximate surface area is 185 Å². The highest BCUT2D eigenvalue weighted by atomic mass is 16.5. The Kier molecular flexibility index (Phi) is 5.17. The summed E-state index contributed by atoms with van der Waals surface area (Å²) in [6.45, 7) is 1.53. The Bertz CT molecular complexity index is 1260. The number of aromatic nitrogens is 1. The number of amides is 2. The van der Waals surface area contributed by atoms with E-state index in [9.17, 15) is 14.4 Å². The van der Waals surface area contributed by atoms with Crippen LogP contribution in [-0.2, 0) is 11.8 Å². The van der Waals surface area contributed by atoms with Gasteiger partial charge in [0.15, 0.2) is 6.10 Å². The molecule has 32 heavy (non-hydrogen) atoms. The van der Waals surface area contributed by atoms with E-state index in [0.29, 0.717) is 35.3 Å². The minimum Gasteiger partial charge on any atom is -0.476 e. The number of hydrogen-bond donors (Lipinski definition) is 0. The number of carbonyl (C=O) groups is 2. The fourth-order valence-electron chi connectivity index (χ4n) is 4.57. The van der Waals surface area contributed by atoms with Crippen LogP contribution >= 0.6 is 0 Å². The van der Waals surface area contributed by atoms with Crippen LogP contribution in [0.1, 0.15) is 29.8 Å². The van der Waals surface area contributed by atoms with Crippen molar-refractivity contribution >= 4 is 28.3 Å². The van der Waals surface area contributed by atoms with Crippen LogP contribution in [0.4, 0.5) is 5.69 Å². The third kappa shape index (κ3) is 3.43. The molecule has 5 rings (SSSR count). The molecular formula is C25H25N3O4. The average Bonchev–Trinajstić information content (AvgIpc) is 2.85. The van der Waals surface area contributed by atoms with Gasteiger partial charge in [0.1, 0.15) is 11.4 Å². The smallest absolute Gasteiger partial charge is 0.275 e. The van der Waals surface area contributed by atoms with Gasteiger partial charge in [-0.3, -0.25) is 19.3 Å². The molecule has 1 saturated heterocycles. The zero-order chi connectivity index (χ0) is 22.2. The molecule has 7 heteroatoms. The molecule has 164 valence electrons. The predicted octanol–water partition coefficient (Wildman–Crippen LogP) is 2.96. The molecule has 2 amide bonds. The number of nitrogens with zero attached hydrogens (tertiary/aromatic N) is 3. The molecule has 0 spiro atoms. The Morgan fingerprint density at radius 3 is 2.50 bits per heavy atom. The first-order valence-electron chi connectivity index (χ1n) is 11.0. The number of likely N-dealkylation sites (tertiary alicyclic amines) is 1. The molecule has 0 N–H and O–H groups in total. The van der Waals surface area contributed by atoms with E-state index in [1.54, 1.807) is 42.3 Å². The number of rotatable bonds is 2. The molecule has 1 fully saturated rings. The molecule has 1 atom stereocenters. The van der Waals surface area contributed by atoms with E-state index in [4.69, 9.17) is 4.74 Å². The first kappa shape index (κ1) is 20.3. The van der Waals surface area contributed by atoms with E-state index >= 15 is 0 Å². The Morgan fingerprint density at radius 2 is 1.69 bits per heavy atom. The van der Waals surface area contributed by atoms with Gasteiger partial charge in [-0.15, -0.1) is 0 Å². The number of benzene rings is 2. The highest BCUT2D eigenvalue weighted by molar-refractivity contribution is 6.08. The van der Waals surface area contributed by atoms with Crippen molar-refractivity contribution in [1.82, 2.24) is 9.47 Å². The third-order valence-corrected chi connectivity index (χ3v) is 6.33. The number of ether oxygens (including phenoxy) is 1. The summed E-state index contributed by atoms with van der Waals surface area (Å²) in [7, 11) is 1.60. The zero-order valence-electron chi connectivity index (χ0n) is 18.0. The van der Waals surface area contributed by atoms with E-state index in [1.807, 2.05) is 29.2 Å². The lowest BCUT2D eigenvalue weighted by Gasteiger charge is -2.37. The number of fused-ring (bicyclic) bond motifs is 2. The van der Waals surface area contributed by atoms with Crippen LogP contribution in [0.15, 0.2) is 59.4 Å². The summed E-state index contributed by atoms with van der Waals surface area (Å²) in [4.78, 5) is 43.1. The maximum atomic E-state index is 13.7. The lowest BCUT2D eigenvalue weighted by atomic mass is 10.1. The minimum absolute atomic E-state index is 0.0931. The van der Waals surface area contributed by atoms with Crippen LogP contribution in [0.2, 0.25) is 0 Å². The summed E-state index contributed by atoms with van der Waals surface area (Å²) in [5.41, 5.74) is 0.643. The Morgan fingerprint density at radius 1 is 0.969 bits per heavy atom. The van der Waals surface area contributed by atoms with Crippen LogP contribution in [0.3, 0.4) is 0 Å². The van der Waals surface area contributed by atoms with Gasteiger partial charge in [0.25, 0.3) is 17.4 Å². The quantitative estimate of drug-likeness (QED) is 0.626. The summed E-state index contributed by atoms with van der Waals surface area (Å²) in [6.07, 6.45) is 2.32. The highest BCUT2D eigenvalue weighted by Gasteiger charge is 2.37. The van der Waals surface area contributed by atoms with Gasteiger partial charge in [-0.2, -0.15) is 0 Å². The van der Waals surface area contributed by atoms with Gasteiger partial charge < -0.3 is 14.2 Å². The monoisotopic (exact) mass is 431 g/mol. The second-order valence-electron chi connectivity index (χ2n) is 8.36. The van der Waals surface area contributed by atoms with Crippen molar-refractivity contribution in [2.24, 2.45) is 7.05 Å². The summed E-state index contributed by atoms with van der Waals surface area (Å²) < 4.78 is 7.41. The minimum atomic E-state index is -0.774. The van der Waals surface area contributed by atoms with Crippen LogP contribution in [0.25, 0.3) is 10.8 Å². The van der Waals surface area contributed by atoms with Crippen LogP contribution < -0.4 is 15.2 Å². The van der Waals surface area contributed by atoms with Crippen LogP contribution in [-0.4, -0.2) is 47.0 Å². The van der Waals surface area contributed by atoms with Gasteiger partial charge >= 0.3 is 0 Å².